The number of amides is 1. The van der Waals surface area contributed by atoms with Crippen LogP contribution >= 0.6 is 0 Å². The van der Waals surface area contributed by atoms with E-state index in [1.54, 1.807) is 11.8 Å². The summed E-state index contributed by atoms with van der Waals surface area (Å²) in [5.74, 6) is 1.45. The molecule has 0 spiro atoms. The Balaban J connectivity index is 1.88. The highest BCUT2D eigenvalue weighted by atomic mass is 16.6. The second-order valence-corrected chi connectivity index (χ2v) is 6.76. The first kappa shape index (κ1) is 18.4. The van der Waals surface area contributed by atoms with Crippen LogP contribution in [-0.2, 0) is 0 Å². The van der Waals surface area contributed by atoms with Crippen molar-refractivity contribution >= 4 is 11.6 Å². The number of carbonyl (C=O) groups excluding carboxylic acids is 1. The van der Waals surface area contributed by atoms with E-state index in [4.69, 9.17) is 9.47 Å². The van der Waals surface area contributed by atoms with Crippen molar-refractivity contribution < 1.29 is 19.2 Å². The lowest BCUT2D eigenvalue weighted by Crippen LogP contribution is -2.33. The molecule has 2 atom stereocenters. The maximum atomic E-state index is 13.0. The number of hydrogen-bond donors (Lipinski definition) is 1. The van der Waals surface area contributed by atoms with Crippen molar-refractivity contribution in [1.29, 1.82) is 0 Å². The van der Waals surface area contributed by atoms with E-state index in [-0.39, 0.29) is 22.9 Å². The highest BCUT2D eigenvalue weighted by Gasteiger charge is 2.34. The number of hydrogen-bond acceptors (Lipinski definition) is 6. The van der Waals surface area contributed by atoms with E-state index in [0.29, 0.717) is 37.3 Å². The van der Waals surface area contributed by atoms with Crippen molar-refractivity contribution in [2.24, 2.45) is 11.8 Å². The Bertz CT molecular complexity index is 680. The highest BCUT2D eigenvalue weighted by Crippen LogP contribution is 2.36. The third kappa shape index (κ3) is 3.60. The number of nitro benzene ring substituents is 1. The van der Waals surface area contributed by atoms with Crippen LogP contribution in [0.3, 0.4) is 0 Å². The minimum Gasteiger partial charge on any atom is -0.493 e. The first-order valence-corrected chi connectivity index (χ1v) is 9.04. The molecule has 0 unspecified atom stereocenters. The number of carbonyl (C=O) groups is 1. The Morgan fingerprint density at radius 1 is 1.27 bits per heavy atom. The third-order valence-corrected chi connectivity index (χ3v) is 5.32. The molecule has 0 aromatic heterocycles. The molecule has 8 nitrogen and oxygen atoms in total. The lowest BCUT2D eigenvalue weighted by atomic mass is 9.92. The second-order valence-electron chi connectivity index (χ2n) is 6.76. The average molecular weight is 363 g/mol. The van der Waals surface area contributed by atoms with Gasteiger partial charge in [0.15, 0.2) is 11.5 Å². The van der Waals surface area contributed by atoms with Gasteiger partial charge in [0, 0.05) is 19.2 Å². The quantitative estimate of drug-likeness (QED) is 0.636. The number of fused-ring (bicyclic) bond motifs is 1. The molecule has 1 N–H and O–H groups in total. The number of benzene rings is 1. The molecule has 2 aliphatic rings. The Kier molecular flexibility index (Phi) is 5.61. The van der Waals surface area contributed by atoms with Crippen LogP contribution in [0.1, 0.15) is 30.1 Å². The van der Waals surface area contributed by atoms with E-state index in [0.717, 1.165) is 25.9 Å². The molecule has 26 heavy (non-hydrogen) atoms. The zero-order chi connectivity index (χ0) is 18.7. The first-order valence-electron chi connectivity index (χ1n) is 9.04. The molecule has 2 saturated heterocycles. The summed E-state index contributed by atoms with van der Waals surface area (Å²) in [6.07, 6.45) is 1.84. The van der Waals surface area contributed by atoms with Crippen molar-refractivity contribution in [3.63, 3.8) is 0 Å². The largest absolute Gasteiger partial charge is 0.493 e. The molecule has 3 rings (SSSR count). The van der Waals surface area contributed by atoms with Crippen LogP contribution < -0.4 is 14.8 Å². The van der Waals surface area contributed by atoms with Crippen LogP contribution in [0.2, 0.25) is 0 Å². The fourth-order valence-electron chi connectivity index (χ4n) is 3.89. The standard InChI is InChI=1S/C18H25N3O5/c1-3-26-17-9-15(21(23)24)14(8-16(17)25-2)18(22)20-6-4-12-10-19-11-13(12)5-7-20/h8-9,12-13,19H,3-7,10-11H2,1-2H3/t12-,13+. The normalized spacial score (nSPS) is 22.5. The van der Waals surface area contributed by atoms with Gasteiger partial charge in [0.1, 0.15) is 5.56 Å². The summed E-state index contributed by atoms with van der Waals surface area (Å²) >= 11 is 0. The summed E-state index contributed by atoms with van der Waals surface area (Å²) in [4.78, 5) is 25.8. The fraction of sp³-hybridized carbons (Fsp3) is 0.611. The summed E-state index contributed by atoms with van der Waals surface area (Å²) in [5, 5.41) is 14.9. The summed E-state index contributed by atoms with van der Waals surface area (Å²) in [5.41, 5.74) is -0.189. The molecule has 2 aliphatic heterocycles. The van der Waals surface area contributed by atoms with E-state index in [1.807, 2.05) is 0 Å². The second kappa shape index (κ2) is 7.90. The summed E-state index contributed by atoms with van der Waals surface area (Å²) in [6.45, 7) is 5.35. The molecule has 0 saturated carbocycles. The minimum atomic E-state index is -0.536. The van der Waals surface area contributed by atoms with Crippen molar-refractivity contribution in [1.82, 2.24) is 10.2 Å². The first-order chi connectivity index (χ1) is 12.5. The van der Waals surface area contributed by atoms with Crippen molar-refractivity contribution in [2.75, 3.05) is 39.9 Å². The van der Waals surface area contributed by atoms with Gasteiger partial charge in [0.05, 0.1) is 24.7 Å². The Hall–Kier alpha value is -2.35. The van der Waals surface area contributed by atoms with Crippen LogP contribution in [0.4, 0.5) is 5.69 Å². The van der Waals surface area contributed by atoms with Crippen LogP contribution in [0.25, 0.3) is 0 Å². The van der Waals surface area contributed by atoms with Gasteiger partial charge >= 0.3 is 0 Å². The van der Waals surface area contributed by atoms with E-state index < -0.39 is 4.92 Å². The van der Waals surface area contributed by atoms with Gasteiger partial charge in [-0.1, -0.05) is 0 Å². The molecule has 0 radical (unpaired) electrons. The predicted molar refractivity (Wildman–Crippen MR) is 95.8 cm³/mol. The molecule has 2 heterocycles. The number of nitro groups is 1. The van der Waals surface area contributed by atoms with E-state index in [2.05, 4.69) is 5.32 Å². The van der Waals surface area contributed by atoms with E-state index in [9.17, 15) is 14.9 Å². The number of methoxy groups -OCH3 is 1. The maximum absolute atomic E-state index is 13.0. The van der Waals surface area contributed by atoms with Gasteiger partial charge in [-0.2, -0.15) is 0 Å². The molecule has 1 aromatic carbocycles. The molecular formula is C18H25N3O5. The fourth-order valence-corrected chi connectivity index (χ4v) is 3.89. The number of likely N-dealkylation sites (tertiary alicyclic amines) is 1. The molecule has 142 valence electrons. The molecule has 0 aliphatic carbocycles. The van der Waals surface area contributed by atoms with Gasteiger partial charge in [-0.05, 0) is 44.7 Å². The van der Waals surface area contributed by atoms with Crippen molar-refractivity contribution in [3.05, 3.63) is 27.8 Å². The van der Waals surface area contributed by atoms with Gasteiger partial charge in [-0.15, -0.1) is 0 Å². The number of ether oxygens (including phenoxy) is 2. The number of nitrogens with zero attached hydrogens (tertiary/aromatic N) is 2. The zero-order valence-electron chi connectivity index (χ0n) is 15.2. The Morgan fingerprint density at radius 3 is 2.46 bits per heavy atom. The molecular weight excluding hydrogens is 338 g/mol. The molecule has 2 fully saturated rings. The van der Waals surface area contributed by atoms with E-state index in [1.165, 1.54) is 19.2 Å². The predicted octanol–water partition coefficient (Wildman–Crippen LogP) is 2.07. The minimum absolute atomic E-state index is 0.0560. The highest BCUT2D eigenvalue weighted by molar-refractivity contribution is 5.99. The lowest BCUT2D eigenvalue weighted by Gasteiger charge is -2.21. The van der Waals surface area contributed by atoms with Gasteiger partial charge < -0.3 is 19.7 Å². The van der Waals surface area contributed by atoms with Crippen LogP contribution in [-0.4, -0.2) is 55.6 Å². The maximum Gasteiger partial charge on any atom is 0.286 e. The lowest BCUT2D eigenvalue weighted by molar-refractivity contribution is -0.385. The Morgan fingerprint density at radius 2 is 1.92 bits per heavy atom. The van der Waals surface area contributed by atoms with Gasteiger partial charge in [-0.3, -0.25) is 14.9 Å². The van der Waals surface area contributed by atoms with Gasteiger partial charge in [-0.25, -0.2) is 0 Å². The summed E-state index contributed by atoms with van der Waals surface area (Å²) in [6, 6.07) is 2.71. The van der Waals surface area contributed by atoms with E-state index >= 15 is 0 Å². The summed E-state index contributed by atoms with van der Waals surface area (Å²) < 4.78 is 10.7. The average Bonchev–Trinajstić information content (AvgIpc) is 2.99. The summed E-state index contributed by atoms with van der Waals surface area (Å²) in [7, 11) is 1.46. The number of rotatable bonds is 5. The van der Waals surface area contributed by atoms with Gasteiger partial charge in [0.2, 0.25) is 0 Å². The molecule has 8 heteroatoms. The monoisotopic (exact) mass is 363 g/mol. The molecule has 0 bridgehead atoms. The Labute approximate surface area is 152 Å². The van der Waals surface area contributed by atoms with Gasteiger partial charge in [0.25, 0.3) is 11.6 Å². The van der Waals surface area contributed by atoms with Crippen LogP contribution in [0.15, 0.2) is 12.1 Å². The smallest absolute Gasteiger partial charge is 0.286 e. The topological polar surface area (TPSA) is 93.9 Å². The molecule has 1 amide bonds. The van der Waals surface area contributed by atoms with Crippen molar-refractivity contribution in [3.8, 4) is 11.5 Å². The zero-order valence-corrected chi connectivity index (χ0v) is 15.2. The number of nitrogens with one attached hydrogen (secondary N) is 1. The third-order valence-electron chi connectivity index (χ3n) is 5.32. The van der Waals surface area contributed by atoms with Crippen molar-refractivity contribution in [2.45, 2.75) is 19.8 Å². The molecule has 1 aromatic rings. The SMILES string of the molecule is CCOc1cc([N+](=O)[O-])c(C(=O)N2CC[C@@H]3CNC[C@@H]3CC2)cc1OC. The van der Waals surface area contributed by atoms with Crippen LogP contribution in [0.5, 0.6) is 11.5 Å². The van der Waals surface area contributed by atoms with Crippen LogP contribution in [0, 0.1) is 22.0 Å².